The van der Waals surface area contributed by atoms with Gasteiger partial charge in [-0.1, -0.05) is 36.7 Å². The first kappa shape index (κ1) is 14.6. The summed E-state index contributed by atoms with van der Waals surface area (Å²) in [7, 11) is 1.86. The van der Waals surface area contributed by atoms with Crippen LogP contribution in [-0.2, 0) is 6.42 Å². The van der Waals surface area contributed by atoms with E-state index in [1.165, 1.54) is 0 Å². The van der Waals surface area contributed by atoms with E-state index in [1.54, 1.807) is 6.33 Å². The number of nitrogens with one attached hydrogen (secondary N) is 2. The van der Waals surface area contributed by atoms with Crippen molar-refractivity contribution in [1.82, 2.24) is 9.97 Å². The molecule has 1 aromatic heterocycles. The molecule has 2 rings (SSSR count). The molecule has 0 spiro atoms. The summed E-state index contributed by atoms with van der Waals surface area (Å²) in [5.74, 6) is 1.70. The molecule has 0 aliphatic rings. The first-order valence-corrected chi connectivity index (χ1v) is 7.07. The van der Waals surface area contributed by atoms with Gasteiger partial charge in [-0.05, 0) is 25.0 Å². The van der Waals surface area contributed by atoms with Gasteiger partial charge in [-0.15, -0.1) is 0 Å². The first-order chi connectivity index (χ1) is 9.67. The number of halogens is 1. The number of hydrogen-bond donors (Lipinski definition) is 2. The van der Waals surface area contributed by atoms with Crippen molar-refractivity contribution in [3.05, 3.63) is 46.7 Å². The molecule has 2 N–H and O–H groups in total. The smallest absolute Gasteiger partial charge is 0.135 e. The molecule has 4 nitrogen and oxygen atoms in total. The van der Waals surface area contributed by atoms with Crippen LogP contribution in [0.5, 0.6) is 0 Å². The van der Waals surface area contributed by atoms with E-state index < -0.39 is 0 Å². The molecule has 0 aliphatic carbocycles. The number of benzene rings is 1. The van der Waals surface area contributed by atoms with Gasteiger partial charge in [-0.2, -0.15) is 0 Å². The summed E-state index contributed by atoms with van der Waals surface area (Å²) in [6.45, 7) is 4.16. The third kappa shape index (κ3) is 3.02. The van der Waals surface area contributed by atoms with Gasteiger partial charge < -0.3 is 10.6 Å². The summed E-state index contributed by atoms with van der Waals surface area (Å²) in [6, 6.07) is 7.91. The second kappa shape index (κ2) is 6.57. The average molecular weight is 291 g/mol. The second-order valence-electron chi connectivity index (χ2n) is 4.54. The lowest BCUT2D eigenvalue weighted by atomic mass is 10.1. The molecule has 1 heterocycles. The predicted octanol–water partition coefficient (Wildman–Crippen LogP) is 3.91. The van der Waals surface area contributed by atoms with E-state index in [-0.39, 0.29) is 6.04 Å². The van der Waals surface area contributed by atoms with Crippen molar-refractivity contribution in [3.8, 4) is 0 Å². The molecule has 0 saturated heterocycles. The summed E-state index contributed by atoms with van der Waals surface area (Å²) in [6.07, 6.45) is 2.42. The highest BCUT2D eigenvalue weighted by Gasteiger charge is 2.13. The zero-order valence-electron chi connectivity index (χ0n) is 11.9. The largest absolute Gasteiger partial charge is 0.373 e. The summed E-state index contributed by atoms with van der Waals surface area (Å²) in [4.78, 5) is 8.59. The van der Waals surface area contributed by atoms with Crippen molar-refractivity contribution >= 4 is 23.2 Å². The van der Waals surface area contributed by atoms with E-state index in [2.05, 4.69) is 34.4 Å². The Labute approximate surface area is 124 Å². The van der Waals surface area contributed by atoms with Crippen molar-refractivity contribution in [1.29, 1.82) is 0 Å². The maximum Gasteiger partial charge on any atom is 0.135 e. The fourth-order valence-corrected chi connectivity index (χ4v) is 2.50. The van der Waals surface area contributed by atoms with E-state index >= 15 is 0 Å². The molecule has 0 amide bonds. The molecule has 0 radical (unpaired) electrons. The van der Waals surface area contributed by atoms with Gasteiger partial charge in [0.15, 0.2) is 0 Å². The lowest BCUT2D eigenvalue weighted by Crippen LogP contribution is -2.12. The van der Waals surface area contributed by atoms with Gasteiger partial charge in [-0.25, -0.2) is 9.97 Å². The van der Waals surface area contributed by atoms with Gasteiger partial charge in [0, 0.05) is 17.6 Å². The molecule has 1 atom stereocenters. The van der Waals surface area contributed by atoms with Crippen LogP contribution in [0.4, 0.5) is 11.6 Å². The van der Waals surface area contributed by atoms with E-state index in [0.29, 0.717) is 0 Å². The monoisotopic (exact) mass is 290 g/mol. The van der Waals surface area contributed by atoms with Gasteiger partial charge in [0.2, 0.25) is 0 Å². The summed E-state index contributed by atoms with van der Waals surface area (Å²) >= 11 is 6.23. The Bertz CT molecular complexity index is 586. The molecule has 5 heteroatoms. The van der Waals surface area contributed by atoms with Crippen LogP contribution in [0, 0.1) is 0 Å². The Morgan fingerprint density at radius 3 is 2.55 bits per heavy atom. The third-order valence-electron chi connectivity index (χ3n) is 3.26. The highest BCUT2D eigenvalue weighted by atomic mass is 35.5. The number of hydrogen-bond acceptors (Lipinski definition) is 4. The Hall–Kier alpha value is -1.81. The van der Waals surface area contributed by atoms with Crippen LogP contribution in [0.15, 0.2) is 30.6 Å². The minimum Gasteiger partial charge on any atom is -0.373 e. The van der Waals surface area contributed by atoms with Gasteiger partial charge in [-0.3, -0.25) is 0 Å². The minimum atomic E-state index is 0.0774. The zero-order chi connectivity index (χ0) is 14.5. The van der Waals surface area contributed by atoms with Crippen molar-refractivity contribution in [2.24, 2.45) is 0 Å². The number of anilines is 2. The number of aromatic nitrogens is 2. The molecule has 0 bridgehead atoms. The quantitative estimate of drug-likeness (QED) is 0.876. The van der Waals surface area contributed by atoms with Gasteiger partial charge in [0.1, 0.15) is 18.0 Å². The third-order valence-corrected chi connectivity index (χ3v) is 3.60. The molecular weight excluding hydrogens is 272 g/mol. The molecule has 1 unspecified atom stereocenters. The van der Waals surface area contributed by atoms with Gasteiger partial charge in [0.05, 0.1) is 6.04 Å². The fourth-order valence-electron chi connectivity index (χ4n) is 2.20. The standard InChI is InChI=1S/C15H19ClN4/c1-4-11-14(17-3)18-9-19-15(11)20-10(2)12-7-5-6-8-13(12)16/h5-10H,4H2,1-3H3,(H2,17,18,19,20). The topological polar surface area (TPSA) is 49.8 Å². The molecule has 106 valence electrons. The summed E-state index contributed by atoms with van der Waals surface area (Å²) in [5, 5.41) is 7.27. The Morgan fingerprint density at radius 1 is 1.20 bits per heavy atom. The van der Waals surface area contributed by atoms with E-state index in [0.717, 1.165) is 34.2 Å². The Balaban J connectivity index is 2.28. The van der Waals surface area contributed by atoms with Crippen LogP contribution in [0.3, 0.4) is 0 Å². The van der Waals surface area contributed by atoms with Crippen LogP contribution < -0.4 is 10.6 Å². The molecular formula is C15H19ClN4. The fraction of sp³-hybridized carbons (Fsp3) is 0.333. The number of rotatable bonds is 5. The molecule has 0 fully saturated rings. The van der Waals surface area contributed by atoms with Crippen LogP contribution in [-0.4, -0.2) is 17.0 Å². The normalized spacial score (nSPS) is 12.0. The molecule has 2 aromatic rings. The second-order valence-corrected chi connectivity index (χ2v) is 4.95. The van der Waals surface area contributed by atoms with Crippen LogP contribution in [0.2, 0.25) is 5.02 Å². The Kier molecular flexibility index (Phi) is 4.79. The van der Waals surface area contributed by atoms with Gasteiger partial charge in [0.25, 0.3) is 0 Å². The summed E-state index contributed by atoms with van der Waals surface area (Å²) in [5.41, 5.74) is 2.13. The van der Waals surface area contributed by atoms with E-state index in [4.69, 9.17) is 11.6 Å². The van der Waals surface area contributed by atoms with Crippen molar-refractivity contribution in [2.75, 3.05) is 17.7 Å². The van der Waals surface area contributed by atoms with Crippen molar-refractivity contribution in [3.63, 3.8) is 0 Å². The lowest BCUT2D eigenvalue weighted by molar-refractivity contribution is 0.863. The highest BCUT2D eigenvalue weighted by Crippen LogP contribution is 2.28. The van der Waals surface area contributed by atoms with Crippen LogP contribution in [0.1, 0.15) is 31.0 Å². The van der Waals surface area contributed by atoms with Crippen LogP contribution in [0.25, 0.3) is 0 Å². The maximum absolute atomic E-state index is 6.23. The lowest BCUT2D eigenvalue weighted by Gasteiger charge is -2.19. The SMILES string of the molecule is CCc1c(NC)ncnc1NC(C)c1ccccc1Cl. The zero-order valence-corrected chi connectivity index (χ0v) is 12.7. The molecule has 20 heavy (non-hydrogen) atoms. The number of nitrogens with zero attached hydrogens (tertiary/aromatic N) is 2. The minimum absolute atomic E-state index is 0.0774. The maximum atomic E-state index is 6.23. The summed E-state index contributed by atoms with van der Waals surface area (Å²) < 4.78 is 0. The average Bonchev–Trinajstić information content (AvgIpc) is 2.47. The van der Waals surface area contributed by atoms with Crippen LogP contribution >= 0.6 is 11.6 Å². The van der Waals surface area contributed by atoms with Crippen molar-refractivity contribution < 1.29 is 0 Å². The molecule has 0 saturated carbocycles. The van der Waals surface area contributed by atoms with Gasteiger partial charge >= 0.3 is 0 Å². The van der Waals surface area contributed by atoms with E-state index in [1.807, 2.05) is 31.3 Å². The predicted molar refractivity (Wildman–Crippen MR) is 84.4 cm³/mol. The highest BCUT2D eigenvalue weighted by molar-refractivity contribution is 6.31. The molecule has 1 aromatic carbocycles. The first-order valence-electron chi connectivity index (χ1n) is 6.70. The van der Waals surface area contributed by atoms with E-state index in [9.17, 15) is 0 Å². The Morgan fingerprint density at radius 2 is 1.90 bits per heavy atom. The molecule has 0 aliphatic heterocycles. The van der Waals surface area contributed by atoms with Crippen molar-refractivity contribution in [2.45, 2.75) is 26.3 Å².